The van der Waals surface area contributed by atoms with Gasteiger partial charge in [0.05, 0.1) is 12.6 Å². The number of ether oxygens (including phenoxy) is 3. The van der Waals surface area contributed by atoms with E-state index in [4.69, 9.17) is 14.2 Å². The van der Waals surface area contributed by atoms with Crippen LogP contribution in [0.4, 0.5) is 4.79 Å². The Morgan fingerprint density at radius 2 is 2.00 bits per heavy atom. The van der Waals surface area contributed by atoms with E-state index in [0.717, 1.165) is 5.56 Å². The number of benzene rings is 1. The van der Waals surface area contributed by atoms with E-state index in [-0.39, 0.29) is 6.10 Å². The van der Waals surface area contributed by atoms with Crippen LogP contribution in [0.25, 0.3) is 0 Å². The number of likely N-dealkylation sites (tertiary alicyclic amines) is 1. The molecule has 0 N–H and O–H groups in total. The van der Waals surface area contributed by atoms with E-state index in [1.54, 1.807) is 20.8 Å². The fraction of sp³-hybridized carbons (Fsp3) is 0.529. The molecule has 6 nitrogen and oxygen atoms in total. The molecule has 1 amide bonds. The normalized spacial score (nSPS) is 29.9. The molecule has 0 radical (unpaired) electrons. The number of rotatable bonds is 1. The zero-order chi connectivity index (χ0) is 16.6. The molecule has 1 aromatic rings. The predicted molar refractivity (Wildman–Crippen MR) is 81.3 cm³/mol. The average Bonchev–Trinajstić information content (AvgIpc) is 3.03. The lowest BCUT2D eigenvalue weighted by atomic mass is 10.1. The van der Waals surface area contributed by atoms with E-state index in [2.05, 4.69) is 6.07 Å². The van der Waals surface area contributed by atoms with Crippen molar-refractivity contribution < 1.29 is 19.0 Å². The summed E-state index contributed by atoms with van der Waals surface area (Å²) in [5.41, 5.74) is 0.297. The van der Waals surface area contributed by atoms with Crippen LogP contribution in [0, 0.1) is 11.3 Å². The summed E-state index contributed by atoms with van der Waals surface area (Å²) in [4.78, 5) is 13.6. The zero-order valence-corrected chi connectivity index (χ0v) is 13.4. The van der Waals surface area contributed by atoms with Crippen molar-refractivity contribution in [2.45, 2.75) is 50.9 Å². The third-order valence-electron chi connectivity index (χ3n) is 3.80. The maximum atomic E-state index is 12.3. The molecule has 0 aromatic heterocycles. The van der Waals surface area contributed by atoms with Crippen LogP contribution in [0.5, 0.6) is 0 Å². The summed E-state index contributed by atoms with van der Waals surface area (Å²) in [6.07, 6.45) is -1.79. The van der Waals surface area contributed by atoms with Crippen molar-refractivity contribution in [3.63, 3.8) is 0 Å². The van der Waals surface area contributed by atoms with Crippen LogP contribution < -0.4 is 0 Å². The van der Waals surface area contributed by atoms with Gasteiger partial charge in [0.15, 0.2) is 12.3 Å². The number of amides is 1. The summed E-state index contributed by atoms with van der Waals surface area (Å²) < 4.78 is 17.1. The summed E-state index contributed by atoms with van der Waals surface area (Å²) in [7, 11) is 0. The average molecular weight is 316 g/mol. The minimum atomic E-state index is -0.705. The molecule has 2 heterocycles. The third kappa shape index (κ3) is 3.16. The number of hydrogen-bond donors (Lipinski definition) is 0. The van der Waals surface area contributed by atoms with Gasteiger partial charge < -0.3 is 14.2 Å². The van der Waals surface area contributed by atoms with Crippen molar-refractivity contribution in [3.05, 3.63) is 35.9 Å². The standard InChI is InChI=1S/C17H20N2O4/c1-17(2,3)23-16(20)19-10-13-14(12(19)9-18)22-15(21-13)11-7-5-4-6-8-11/h4-8,12-15H,10H2,1-3H3. The minimum absolute atomic E-state index is 0.293. The molecule has 2 saturated heterocycles. The Kier molecular flexibility index (Phi) is 4.00. The second-order valence-electron chi connectivity index (χ2n) is 6.72. The molecule has 122 valence electrons. The number of nitriles is 1. The molecule has 0 spiro atoms. The first-order valence-corrected chi connectivity index (χ1v) is 7.64. The maximum Gasteiger partial charge on any atom is 0.411 e. The van der Waals surface area contributed by atoms with Crippen molar-refractivity contribution in [2.24, 2.45) is 0 Å². The molecule has 23 heavy (non-hydrogen) atoms. The molecule has 2 aliphatic heterocycles. The summed E-state index contributed by atoms with van der Waals surface area (Å²) in [6, 6.07) is 11.0. The van der Waals surface area contributed by atoms with Crippen molar-refractivity contribution in [1.29, 1.82) is 5.26 Å². The SMILES string of the molecule is CC(C)(C)OC(=O)N1CC2OC(c3ccccc3)OC2C1C#N. The highest BCUT2D eigenvalue weighted by Crippen LogP contribution is 2.38. The molecule has 4 atom stereocenters. The molecule has 2 fully saturated rings. The molecule has 3 rings (SSSR count). The van der Waals surface area contributed by atoms with E-state index in [9.17, 15) is 10.1 Å². The van der Waals surface area contributed by atoms with Gasteiger partial charge in [0.2, 0.25) is 0 Å². The second-order valence-corrected chi connectivity index (χ2v) is 6.72. The van der Waals surface area contributed by atoms with Gasteiger partial charge in [-0.2, -0.15) is 5.26 Å². The Hall–Kier alpha value is -2.10. The van der Waals surface area contributed by atoms with Crippen LogP contribution in [0.15, 0.2) is 30.3 Å². The molecule has 0 saturated carbocycles. The van der Waals surface area contributed by atoms with Gasteiger partial charge in [0.1, 0.15) is 17.8 Å². The van der Waals surface area contributed by atoms with Crippen LogP contribution in [-0.4, -0.2) is 41.4 Å². The van der Waals surface area contributed by atoms with E-state index in [0.29, 0.717) is 6.54 Å². The number of hydrogen-bond acceptors (Lipinski definition) is 5. The Morgan fingerprint density at radius 3 is 2.61 bits per heavy atom. The van der Waals surface area contributed by atoms with Gasteiger partial charge in [-0.15, -0.1) is 0 Å². The van der Waals surface area contributed by atoms with E-state index in [1.165, 1.54) is 4.90 Å². The third-order valence-corrected chi connectivity index (χ3v) is 3.80. The predicted octanol–water partition coefficient (Wildman–Crippen LogP) is 2.61. The maximum absolute atomic E-state index is 12.3. The monoisotopic (exact) mass is 316 g/mol. The van der Waals surface area contributed by atoms with Gasteiger partial charge in [0.25, 0.3) is 0 Å². The van der Waals surface area contributed by atoms with Gasteiger partial charge in [-0.05, 0) is 20.8 Å². The molecule has 1 aromatic carbocycles. The van der Waals surface area contributed by atoms with E-state index < -0.39 is 30.1 Å². The number of nitrogens with zero attached hydrogens (tertiary/aromatic N) is 2. The highest BCUT2D eigenvalue weighted by molar-refractivity contribution is 5.70. The van der Waals surface area contributed by atoms with Crippen LogP contribution in [0.3, 0.4) is 0 Å². The summed E-state index contributed by atoms with van der Waals surface area (Å²) in [5.74, 6) is 0. The van der Waals surface area contributed by atoms with Crippen LogP contribution in [0.1, 0.15) is 32.6 Å². The van der Waals surface area contributed by atoms with Crippen molar-refractivity contribution in [1.82, 2.24) is 4.90 Å². The van der Waals surface area contributed by atoms with E-state index in [1.807, 2.05) is 30.3 Å². The Bertz CT molecular complexity index is 620. The fourth-order valence-corrected chi connectivity index (χ4v) is 2.83. The van der Waals surface area contributed by atoms with E-state index >= 15 is 0 Å². The molecular formula is C17H20N2O4. The topological polar surface area (TPSA) is 71.8 Å². The first-order chi connectivity index (χ1) is 10.9. The highest BCUT2D eigenvalue weighted by atomic mass is 16.7. The molecule has 2 aliphatic rings. The van der Waals surface area contributed by atoms with Gasteiger partial charge in [-0.1, -0.05) is 30.3 Å². The lowest BCUT2D eigenvalue weighted by Gasteiger charge is -2.27. The number of fused-ring (bicyclic) bond motifs is 1. The Labute approximate surface area is 135 Å². The lowest BCUT2D eigenvalue weighted by molar-refractivity contribution is -0.0878. The smallest absolute Gasteiger partial charge is 0.411 e. The number of carbonyl (C=O) groups excluding carboxylic acids is 1. The number of carbonyl (C=O) groups is 1. The quantitative estimate of drug-likeness (QED) is 0.796. The molecule has 6 heteroatoms. The largest absolute Gasteiger partial charge is 0.444 e. The summed E-state index contributed by atoms with van der Waals surface area (Å²) in [5, 5.41) is 9.45. The molecule has 4 unspecified atom stereocenters. The van der Waals surface area contributed by atoms with Crippen molar-refractivity contribution in [2.75, 3.05) is 6.54 Å². The van der Waals surface area contributed by atoms with Gasteiger partial charge in [0, 0.05) is 5.56 Å². The summed E-state index contributed by atoms with van der Waals surface area (Å²) >= 11 is 0. The Morgan fingerprint density at radius 1 is 1.30 bits per heavy atom. The fourth-order valence-electron chi connectivity index (χ4n) is 2.83. The van der Waals surface area contributed by atoms with Crippen LogP contribution >= 0.6 is 0 Å². The first kappa shape index (κ1) is 15.8. The van der Waals surface area contributed by atoms with Gasteiger partial charge in [-0.3, -0.25) is 4.90 Å². The molecular weight excluding hydrogens is 296 g/mol. The second kappa shape index (κ2) is 5.84. The zero-order valence-electron chi connectivity index (χ0n) is 13.4. The lowest BCUT2D eigenvalue weighted by Crippen LogP contribution is -2.42. The highest BCUT2D eigenvalue weighted by Gasteiger charge is 2.52. The van der Waals surface area contributed by atoms with Crippen LogP contribution in [-0.2, 0) is 14.2 Å². The summed E-state index contributed by atoms with van der Waals surface area (Å²) in [6.45, 7) is 5.67. The van der Waals surface area contributed by atoms with Gasteiger partial charge in [-0.25, -0.2) is 4.79 Å². The van der Waals surface area contributed by atoms with Crippen molar-refractivity contribution >= 4 is 6.09 Å². The van der Waals surface area contributed by atoms with Crippen LogP contribution in [0.2, 0.25) is 0 Å². The molecule has 0 aliphatic carbocycles. The van der Waals surface area contributed by atoms with Gasteiger partial charge >= 0.3 is 6.09 Å². The molecule has 0 bridgehead atoms. The first-order valence-electron chi connectivity index (χ1n) is 7.64. The van der Waals surface area contributed by atoms with Crippen molar-refractivity contribution in [3.8, 4) is 6.07 Å². The minimum Gasteiger partial charge on any atom is -0.444 e. The Balaban J connectivity index is 1.71.